The van der Waals surface area contributed by atoms with Crippen molar-refractivity contribution in [2.45, 2.75) is 19.3 Å². The highest BCUT2D eigenvalue weighted by Gasteiger charge is 2.24. The Labute approximate surface area is 174 Å². The lowest BCUT2D eigenvalue weighted by molar-refractivity contribution is 0.0724. The SMILES string of the molecule is COc1cc(NC(=O)c2ccc(C(N)=O)cc2)c(C(=O)N2CCCCC2)cc1OC. The van der Waals surface area contributed by atoms with E-state index in [2.05, 4.69) is 5.32 Å². The molecule has 3 amide bonds. The Balaban J connectivity index is 1.93. The number of primary amides is 1. The summed E-state index contributed by atoms with van der Waals surface area (Å²) >= 11 is 0. The summed E-state index contributed by atoms with van der Waals surface area (Å²) in [5, 5.41) is 2.78. The lowest BCUT2D eigenvalue weighted by atomic mass is 10.1. The average molecular weight is 411 g/mol. The van der Waals surface area contributed by atoms with Crippen LogP contribution < -0.4 is 20.5 Å². The van der Waals surface area contributed by atoms with E-state index in [-0.39, 0.29) is 5.91 Å². The maximum Gasteiger partial charge on any atom is 0.256 e. The molecule has 2 aromatic carbocycles. The average Bonchev–Trinajstić information content (AvgIpc) is 2.78. The van der Waals surface area contributed by atoms with Gasteiger partial charge >= 0.3 is 0 Å². The number of piperidine rings is 1. The quantitative estimate of drug-likeness (QED) is 0.759. The largest absolute Gasteiger partial charge is 0.493 e. The second kappa shape index (κ2) is 9.30. The fourth-order valence-electron chi connectivity index (χ4n) is 3.41. The molecule has 0 saturated carbocycles. The van der Waals surface area contributed by atoms with E-state index < -0.39 is 11.8 Å². The molecule has 2 aromatic rings. The number of methoxy groups -OCH3 is 2. The van der Waals surface area contributed by atoms with Gasteiger partial charge in [-0.3, -0.25) is 14.4 Å². The molecule has 3 rings (SSSR count). The van der Waals surface area contributed by atoms with Gasteiger partial charge in [0.15, 0.2) is 11.5 Å². The number of nitrogens with two attached hydrogens (primary N) is 1. The fourth-order valence-corrected chi connectivity index (χ4v) is 3.41. The van der Waals surface area contributed by atoms with Crippen LogP contribution in [0.3, 0.4) is 0 Å². The van der Waals surface area contributed by atoms with Crippen molar-refractivity contribution < 1.29 is 23.9 Å². The predicted molar refractivity (Wildman–Crippen MR) is 112 cm³/mol. The van der Waals surface area contributed by atoms with Crippen LogP contribution in [-0.2, 0) is 0 Å². The third-order valence-electron chi connectivity index (χ3n) is 5.08. The summed E-state index contributed by atoms with van der Waals surface area (Å²) in [6.45, 7) is 1.35. The van der Waals surface area contributed by atoms with Gasteiger partial charge in [-0.15, -0.1) is 0 Å². The molecule has 0 bridgehead atoms. The van der Waals surface area contributed by atoms with Gasteiger partial charge in [-0.05, 0) is 49.6 Å². The van der Waals surface area contributed by atoms with Crippen molar-refractivity contribution in [3.8, 4) is 11.5 Å². The Hall–Kier alpha value is -3.55. The minimum absolute atomic E-state index is 0.171. The van der Waals surface area contributed by atoms with Crippen LogP contribution in [0.25, 0.3) is 0 Å². The molecule has 30 heavy (non-hydrogen) atoms. The van der Waals surface area contributed by atoms with Gasteiger partial charge in [-0.25, -0.2) is 0 Å². The van der Waals surface area contributed by atoms with Crippen molar-refractivity contribution in [3.05, 3.63) is 53.1 Å². The molecule has 1 aliphatic heterocycles. The van der Waals surface area contributed by atoms with Crippen molar-refractivity contribution in [2.75, 3.05) is 32.6 Å². The number of nitrogens with zero attached hydrogens (tertiary/aromatic N) is 1. The summed E-state index contributed by atoms with van der Waals surface area (Å²) in [6.07, 6.45) is 3.00. The number of hydrogen-bond donors (Lipinski definition) is 2. The Morgan fingerprint density at radius 2 is 1.47 bits per heavy atom. The van der Waals surface area contributed by atoms with Crippen molar-refractivity contribution in [2.24, 2.45) is 5.73 Å². The first-order valence-corrected chi connectivity index (χ1v) is 9.71. The molecule has 8 nitrogen and oxygen atoms in total. The molecule has 1 saturated heterocycles. The summed E-state index contributed by atoms with van der Waals surface area (Å²) in [4.78, 5) is 38.9. The van der Waals surface area contributed by atoms with Crippen molar-refractivity contribution in [1.82, 2.24) is 4.90 Å². The molecule has 0 aromatic heterocycles. The van der Waals surface area contributed by atoms with Gasteiger partial charge in [0, 0.05) is 30.3 Å². The van der Waals surface area contributed by atoms with Crippen LogP contribution in [0.15, 0.2) is 36.4 Å². The summed E-state index contributed by atoms with van der Waals surface area (Å²) in [5.74, 6) is -0.369. The van der Waals surface area contributed by atoms with E-state index in [0.29, 0.717) is 47.0 Å². The molecule has 1 aliphatic rings. The Bertz CT molecular complexity index is 950. The van der Waals surface area contributed by atoms with Crippen molar-refractivity contribution >= 4 is 23.4 Å². The normalized spacial score (nSPS) is 13.5. The number of carbonyl (C=O) groups is 3. The number of hydrogen-bond acceptors (Lipinski definition) is 5. The van der Waals surface area contributed by atoms with Gasteiger partial charge < -0.3 is 25.4 Å². The molecular formula is C22H25N3O5. The highest BCUT2D eigenvalue weighted by atomic mass is 16.5. The molecule has 0 radical (unpaired) electrons. The second-order valence-electron chi connectivity index (χ2n) is 7.00. The first-order chi connectivity index (χ1) is 14.4. The zero-order valence-corrected chi connectivity index (χ0v) is 17.1. The number of carbonyl (C=O) groups excluding carboxylic acids is 3. The van der Waals surface area contributed by atoms with Crippen LogP contribution in [0, 0.1) is 0 Å². The van der Waals surface area contributed by atoms with Gasteiger partial charge in [-0.1, -0.05) is 0 Å². The Morgan fingerprint density at radius 3 is 2.03 bits per heavy atom. The van der Waals surface area contributed by atoms with E-state index in [0.717, 1.165) is 19.3 Å². The monoisotopic (exact) mass is 411 g/mol. The standard InChI is InChI=1S/C22H25N3O5/c1-29-18-12-16(22(28)25-10-4-3-5-11-25)17(13-19(18)30-2)24-21(27)15-8-6-14(7-9-15)20(23)26/h6-9,12-13H,3-5,10-11H2,1-2H3,(H2,23,26)(H,24,27). The zero-order chi connectivity index (χ0) is 21.7. The fraction of sp³-hybridized carbons (Fsp3) is 0.318. The molecule has 0 atom stereocenters. The van der Waals surface area contributed by atoms with Crippen LogP contribution >= 0.6 is 0 Å². The summed E-state index contributed by atoms with van der Waals surface area (Å²) in [5.41, 5.74) is 6.53. The second-order valence-corrected chi connectivity index (χ2v) is 7.00. The number of anilines is 1. The van der Waals surface area contributed by atoms with Gasteiger partial charge in [0.05, 0.1) is 25.5 Å². The van der Waals surface area contributed by atoms with E-state index in [9.17, 15) is 14.4 Å². The Kier molecular flexibility index (Phi) is 6.56. The lowest BCUT2D eigenvalue weighted by Gasteiger charge is -2.28. The molecule has 1 heterocycles. The van der Waals surface area contributed by atoms with Gasteiger partial charge in [0.25, 0.3) is 11.8 Å². The smallest absolute Gasteiger partial charge is 0.256 e. The highest BCUT2D eigenvalue weighted by molar-refractivity contribution is 6.09. The summed E-state index contributed by atoms with van der Waals surface area (Å²) in [7, 11) is 2.98. The molecule has 0 aliphatic carbocycles. The Morgan fingerprint density at radius 1 is 0.900 bits per heavy atom. The van der Waals surface area contributed by atoms with E-state index in [1.54, 1.807) is 17.0 Å². The molecule has 8 heteroatoms. The number of ether oxygens (including phenoxy) is 2. The van der Waals surface area contributed by atoms with E-state index in [1.807, 2.05) is 0 Å². The first kappa shape index (κ1) is 21.2. The minimum atomic E-state index is -0.573. The van der Waals surface area contributed by atoms with Crippen molar-refractivity contribution in [3.63, 3.8) is 0 Å². The van der Waals surface area contributed by atoms with Crippen LogP contribution in [0.2, 0.25) is 0 Å². The third-order valence-corrected chi connectivity index (χ3v) is 5.08. The lowest BCUT2D eigenvalue weighted by Crippen LogP contribution is -2.36. The molecule has 0 unspecified atom stereocenters. The van der Waals surface area contributed by atoms with Crippen LogP contribution in [-0.4, -0.2) is 49.9 Å². The van der Waals surface area contributed by atoms with Gasteiger partial charge in [0.2, 0.25) is 5.91 Å². The van der Waals surface area contributed by atoms with Crippen molar-refractivity contribution in [1.29, 1.82) is 0 Å². The number of benzene rings is 2. The van der Waals surface area contributed by atoms with Crippen LogP contribution in [0.1, 0.15) is 50.3 Å². The number of likely N-dealkylation sites (tertiary alicyclic amines) is 1. The molecule has 158 valence electrons. The van der Waals surface area contributed by atoms with E-state index >= 15 is 0 Å². The van der Waals surface area contributed by atoms with Crippen LogP contribution in [0.5, 0.6) is 11.5 Å². The summed E-state index contributed by atoms with van der Waals surface area (Å²) < 4.78 is 10.7. The van der Waals surface area contributed by atoms with Gasteiger partial charge in [0.1, 0.15) is 0 Å². The summed E-state index contributed by atoms with van der Waals surface area (Å²) in [6, 6.07) is 9.12. The topological polar surface area (TPSA) is 111 Å². The number of nitrogens with one attached hydrogen (secondary N) is 1. The maximum absolute atomic E-state index is 13.2. The highest BCUT2D eigenvalue weighted by Crippen LogP contribution is 2.34. The first-order valence-electron chi connectivity index (χ1n) is 9.71. The molecule has 0 spiro atoms. The predicted octanol–water partition coefficient (Wildman–Crippen LogP) is 2.68. The zero-order valence-electron chi connectivity index (χ0n) is 17.1. The minimum Gasteiger partial charge on any atom is -0.493 e. The third kappa shape index (κ3) is 4.53. The molecular weight excluding hydrogens is 386 g/mol. The molecule has 1 fully saturated rings. The number of amides is 3. The van der Waals surface area contributed by atoms with E-state index in [4.69, 9.17) is 15.2 Å². The molecule has 3 N–H and O–H groups in total. The van der Waals surface area contributed by atoms with Gasteiger partial charge in [-0.2, -0.15) is 0 Å². The number of rotatable bonds is 6. The van der Waals surface area contributed by atoms with Crippen LogP contribution in [0.4, 0.5) is 5.69 Å². The maximum atomic E-state index is 13.2. The van der Waals surface area contributed by atoms with E-state index in [1.165, 1.54) is 38.5 Å².